The van der Waals surface area contributed by atoms with Crippen molar-refractivity contribution < 1.29 is 17.9 Å². The maximum Gasteiger partial charge on any atom is 0.262 e. The van der Waals surface area contributed by atoms with Crippen LogP contribution in [0.3, 0.4) is 0 Å². The molecule has 3 aromatic rings. The smallest absolute Gasteiger partial charge is 0.262 e. The number of benzene rings is 2. The maximum atomic E-state index is 12.9. The lowest BCUT2D eigenvalue weighted by atomic mass is 10.2. The Labute approximate surface area is 156 Å². The molecule has 0 saturated heterocycles. The molecule has 0 fully saturated rings. The third-order valence-electron chi connectivity index (χ3n) is 4.36. The van der Waals surface area contributed by atoms with Crippen molar-refractivity contribution >= 4 is 38.2 Å². The van der Waals surface area contributed by atoms with E-state index in [1.165, 1.54) is 24.0 Å². The summed E-state index contributed by atoms with van der Waals surface area (Å²) >= 11 is 0. The van der Waals surface area contributed by atoms with Gasteiger partial charge in [-0.2, -0.15) is 0 Å². The van der Waals surface area contributed by atoms with Gasteiger partial charge in [0.05, 0.1) is 28.3 Å². The van der Waals surface area contributed by atoms with E-state index < -0.39 is 10.0 Å². The van der Waals surface area contributed by atoms with E-state index in [9.17, 15) is 13.2 Å². The van der Waals surface area contributed by atoms with Crippen molar-refractivity contribution in [3.63, 3.8) is 0 Å². The minimum absolute atomic E-state index is 0.0472. The highest BCUT2D eigenvalue weighted by Crippen LogP contribution is 2.34. The van der Waals surface area contributed by atoms with Crippen LogP contribution in [-0.2, 0) is 14.8 Å². The highest BCUT2D eigenvalue weighted by atomic mass is 32.2. The molecule has 0 radical (unpaired) electrons. The summed E-state index contributed by atoms with van der Waals surface area (Å²) in [6.45, 7) is 2.20. The Hall–Kier alpha value is -3.13. The molecule has 2 aromatic carbocycles. The van der Waals surface area contributed by atoms with Gasteiger partial charge in [-0.25, -0.2) is 8.42 Å². The van der Waals surface area contributed by atoms with Gasteiger partial charge in [0, 0.05) is 18.5 Å². The fraction of sp³-hybridized carbons (Fsp3) is 0.158. The molecule has 138 valence electrons. The molecule has 0 bridgehead atoms. The van der Waals surface area contributed by atoms with Gasteiger partial charge in [0.25, 0.3) is 10.0 Å². The monoisotopic (exact) mass is 383 g/mol. The molecule has 2 heterocycles. The van der Waals surface area contributed by atoms with Crippen molar-refractivity contribution in [2.45, 2.75) is 11.8 Å². The number of amides is 1. The number of rotatable bonds is 3. The van der Waals surface area contributed by atoms with Crippen molar-refractivity contribution in [1.29, 1.82) is 0 Å². The number of hydrogen-bond donors (Lipinski definition) is 1. The number of anilines is 2. The molecule has 1 aromatic heterocycles. The molecular formula is C19H17N3O4S. The van der Waals surface area contributed by atoms with E-state index in [4.69, 9.17) is 4.74 Å². The second-order valence-electron chi connectivity index (χ2n) is 6.13. The number of para-hydroxylation sites is 1. The number of nitrogens with one attached hydrogen (secondary N) is 1. The second kappa shape index (κ2) is 6.55. The van der Waals surface area contributed by atoms with E-state index >= 15 is 0 Å². The van der Waals surface area contributed by atoms with E-state index in [0.29, 0.717) is 35.8 Å². The first-order chi connectivity index (χ1) is 13.0. The summed E-state index contributed by atoms with van der Waals surface area (Å²) in [5, 5.41) is 0.833. The van der Waals surface area contributed by atoms with Crippen molar-refractivity contribution in [3.8, 4) is 5.75 Å². The maximum absolute atomic E-state index is 12.9. The molecule has 1 amide bonds. The average molecular weight is 383 g/mol. The number of hydrogen-bond acceptors (Lipinski definition) is 5. The summed E-state index contributed by atoms with van der Waals surface area (Å²) in [5.41, 5.74) is 1.41. The summed E-state index contributed by atoms with van der Waals surface area (Å²) < 4.78 is 34.0. The van der Waals surface area contributed by atoms with Crippen LogP contribution in [0.5, 0.6) is 5.75 Å². The number of nitrogens with zero attached hydrogens (tertiary/aromatic N) is 2. The molecule has 0 unspecified atom stereocenters. The number of carbonyl (C=O) groups excluding carboxylic acids is 1. The molecule has 0 aliphatic carbocycles. The number of pyridine rings is 1. The topological polar surface area (TPSA) is 88.6 Å². The Kier molecular flexibility index (Phi) is 4.19. The predicted molar refractivity (Wildman–Crippen MR) is 103 cm³/mol. The summed E-state index contributed by atoms with van der Waals surface area (Å²) in [6.07, 6.45) is 1.61. The van der Waals surface area contributed by atoms with Crippen LogP contribution >= 0.6 is 0 Å². The first kappa shape index (κ1) is 17.3. The molecule has 0 saturated carbocycles. The molecule has 1 N–H and O–H groups in total. The molecule has 0 atom stereocenters. The van der Waals surface area contributed by atoms with Crippen LogP contribution in [-0.4, -0.2) is 32.5 Å². The predicted octanol–water partition coefficient (Wildman–Crippen LogP) is 2.78. The van der Waals surface area contributed by atoms with Crippen molar-refractivity contribution in [2.75, 3.05) is 22.8 Å². The largest absolute Gasteiger partial charge is 0.490 e. The van der Waals surface area contributed by atoms with Gasteiger partial charge >= 0.3 is 0 Å². The van der Waals surface area contributed by atoms with Crippen LogP contribution in [0, 0.1) is 0 Å². The Morgan fingerprint density at radius 1 is 1.19 bits per heavy atom. The van der Waals surface area contributed by atoms with Crippen LogP contribution in [0.4, 0.5) is 11.4 Å². The summed E-state index contributed by atoms with van der Waals surface area (Å²) in [4.78, 5) is 17.7. The third kappa shape index (κ3) is 3.19. The number of fused-ring (bicyclic) bond motifs is 2. The van der Waals surface area contributed by atoms with Crippen LogP contribution in [0.25, 0.3) is 10.9 Å². The summed E-state index contributed by atoms with van der Waals surface area (Å²) in [6, 6.07) is 13.4. The van der Waals surface area contributed by atoms with E-state index in [-0.39, 0.29) is 10.8 Å². The molecule has 1 aliphatic rings. The van der Waals surface area contributed by atoms with Crippen LogP contribution in [0.2, 0.25) is 0 Å². The van der Waals surface area contributed by atoms with Crippen LogP contribution in [0.1, 0.15) is 6.92 Å². The zero-order chi connectivity index (χ0) is 19.0. The number of carbonyl (C=O) groups is 1. The Morgan fingerprint density at radius 3 is 2.81 bits per heavy atom. The molecular weight excluding hydrogens is 366 g/mol. The first-order valence-corrected chi connectivity index (χ1v) is 9.85. The fourth-order valence-electron chi connectivity index (χ4n) is 3.08. The molecule has 7 nitrogen and oxygen atoms in total. The number of aromatic nitrogens is 1. The summed E-state index contributed by atoms with van der Waals surface area (Å²) in [7, 11) is -3.87. The highest BCUT2D eigenvalue weighted by Gasteiger charge is 2.25. The third-order valence-corrected chi connectivity index (χ3v) is 5.72. The van der Waals surface area contributed by atoms with Crippen molar-refractivity contribution in [1.82, 2.24) is 4.98 Å². The van der Waals surface area contributed by atoms with Crippen molar-refractivity contribution in [3.05, 3.63) is 54.7 Å². The minimum atomic E-state index is -3.87. The normalized spacial score (nSPS) is 13.7. The standard InChI is InChI=1S/C19H17N3O4S/c1-13(23)22-10-11-26-18-8-7-15(12-17(18)22)27(24,25)21-16-6-2-4-14-5-3-9-20-19(14)16/h2-9,12,21H,10-11H2,1H3. The minimum Gasteiger partial charge on any atom is -0.490 e. The SMILES string of the molecule is CC(=O)N1CCOc2ccc(S(=O)(=O)Nc3cccc4cccnc34)cc21. The fourth-order valence-corrected chi connectivity index (χ4v) is 4.17. The van der Waals surface area contributed by atoms with Gasteiger partial charge in [-0.1, -0.05) is 18.2 Å². The Bertz CT molecular complexity index is 1140. The lowest BCUT2D eigenvalue weighted by Gasteiger charge is -2.29. The molecule has 1 aliphatic heterocycles. The number of ether oxygens (including phenoxy) is 1. The van der Waals surface area contributed by atoms with E-state index in [1.54, 1.807) is 30.5 Å². The Balaban J connectivity index is 1.74. The van der Waals surface area contributed by atoms with Gasteiger partial charge in [0.1, 0.15) is 12.4 Å². The zero-order valence-electron chi connectivity index (χ0n) is 14.5. The van der Waals surface area contributed by atoms with E-state index in [0.717, 1.165) is 5.39 Å². The zero-order valence-corrected chi connectivity index (χ0v) is 15.4. The number of sulfonamides is 1. The van der Waals surface area contributed by atoms with E-state index in [1.807, 2.05) is 12.1 Å². The average Bonchev–Trinajstić information content (AvgIpc) is 2.67. The van der Waals surface area contributed by atoms with Gasteiger partial charge in [-0.15, -0.1) is 0 Å². The lowest BCUT2D eigenvalue weighted by Crippen LogP contribution is -2.36. The quantitative estimate of drug-likeness (QED) is 0.751. The lowest BCUT2D eigenvalue weighted by molar-refractivity contribution is -0.116. The van der Waals surface area contributed by atoms with Crippen LogP contribution < -0.4 is 14.4 Å². The van der Waals surface area contributed by atoms with Crippen LogP contribution in [0.15, 0.2) is 59.6 Å². The van der Waals surface area contributed by atoms with Gasteiger partial charge < -0.3 is 9.64 Å². The molecule has 4 rings (SSSR count). The molecule has 8 heteroatoms. The van der Waals surface area contributed by atoms with Gasteiger partial charge in [0.15, 0.2) is 0 Å². The summed E-state index contributed by atoms with van der Waals surface area (Å²) in [5.74, 6) is 0.322. The highest BCUT2D eigenvalue weighted by molar-refractivity contribution is 7.92. The Morgan fingerprint density at radius 2 is 2.00 bits per heavy atom. The molecule has 27 heavy (non-hydrogen) atoms. The van der Waals surface area contributed by atoms with Crippen molar-refractivity contribution in [2.24, 2.45) is 0 Å². The second-order valence-corrected chi connectivity index (χ2v) is 7.82. The first-order valence-electron chi connectivity index (χ1n) is 8.37. The molecule has 0 spiro atoms. The van der Waals surface area contributed by atoms with Gasteiger partial charge in [0.2, 0.25) is 5.91 Å². The van der Waals surface area contributed by atoms with Gasteiger partial charge in [-0.3, -0.25) is 14.5 Å². The van der Waals surface area contributed by atoms with E-state index in [2.05, 4.69) is 9.71 Å². The van der Waals surface area contributed by atoms with Gasteiger partial charge in [-0.05, 0) is 30.3 Å².